The lowest BCUT2D eigenvalue weighted by Crippen LogP contribution is -2.28. The standard InChI is InChI=1S/C25H30N4O2S2/c1-3-15-33(30,31)20-16-32-24-22(20)27-17(2)21-23(24)29(14-11-18-9-12-26-13-10-18)25(28-21)19-7-5-4-6-8-19/h4-8,16,18,26H,3,9-15H2,1-2H3. The van der Waals surface area contributed by atoms with Gasteiger partial charge in [-0.1, -0.05) is 37.3 Å². The lowest BCUT2D eigenvalue weighted by Gasteiger charge is -2.23. The van der Waals surface area contributed by atoms with Crippen molar-refractivity contribution in [1.82, 2.24) is 19.9 Å². The van der Waals surface area contributed by atoms with E-state index in [1.807, 2.05) is 32.0 Å². The van der Waals surface area contributed by atoms with Gasteiger partial charge in [0.25, 0.3) is 0 Å². The van der Waals surface area contributed by atoms with Crippen molar-refractivity contribution in [1.29, 1.82) is 0 Å². The number of thiophene rings is 1. The molecule has 1 aliphatic heterocycles. The van der Waals surface area contributed by atoms with Gasteiger partial charge in [0.2, 0.25) is 0 Å². The number of hydrogen-bond donors (Lipinski definition) is 1. The fourth-order valence-corrected chi connectivity index (χ4v) is 7.79. The third kappa shape index (κ3) is 4.20. The van der Waals surface area contributed by atoms with Crippen LogP contribution in [0, 0.1) is 12.8 Å². The van der Waals surface area contributed by atoms with Gasteiger partial charge in [-0.05, 0) is 51.6 Å². The molecule has 6 nitrogen and oxygen atoms in total. The number of sulfone groups is 1. The molecule has 4 aromatic rings. The summed E-state index contributed by atoms with van der Waals surface area (Å²) < 4.78 is 29.1. The van der Waals surface area contributed by atoms with E-state index < -0.39 is 9.84 Å². The Balaban J connectivity index is 1.71. The molecule has 1 fully saturated rings. The Kier molecular flexibility index (Phi) is 6.24. The third-order valence-corrected chi connectivity index (χ3v) is 9.65. The topological polar surface area (TPSA) is 76.9 Å². The molecule has 0 radical (unpaired) electrons. The molecule has 0 unspecified atom stereocenters. The molecular weight excluding hydrogens is 452 g/mol. The van der Waals surface area contributed by atoms with Crippen LogP contribution in [-0.2, 0) is 16.4 Å². The Hall–Kier alpha value is -2.29. The number of pyridine rings is 1. The maximum atomic E-state index is 12.9. The second-order valence-corrected chi connectivity index (χ2v) is 11.9. The molecule has 5 rings (SSSR count). The predicted molar refractivity (Wildman–Crippen MR) is 136 cm³/mol. The van der Waals surface area contributed by atoms with E-state index in [1.165, 1.54) is 24.2 Å². The zero-order valence-electron chi connectivity index (χ0n) is 19.2. The lowest BCUT2D eigenvalue weighted by atomic mass is 9.94. The highest BCUT2D eigenvalue weighted by Gasteiger charge is 2.25. The van der Waals surface area contributed by atoms with Crippen LogP contribution in [0.25, 0.3) is 32.6 Å². The first-order chi connectivity index (χ1) is 16.0. The second kappa shape index (κ2) is 9.16. The number of imidazole rings is 1. The Morgan fingerprint density at radius 1 is 1.12 bits per heavy atom. The summed E-state index contributed by atoms with van der Waals surface area (Å²) in [7, 11) is -3.36. The first-order valence-corrected chi connectivity index (χ1v) is 14.3. The van der Waals surface area contributed by atoms with Crippen molar-refractivity contribution in [3.8, 4) is 11.4 Å². The minimum atomic E-state index is -3.36. The van der Waals surface area contributed by atoms with Gasteiger partial charge >= 0.3 is 0 Å². The average molecular weight is 483 g/mol. The molecule has 33 heavy (non-hydrogen) atoms. The van der Waals surface area contributed by atoms with Gasteiger partial charge in [0.15, 0.2) is 9.84 Å². The summed E-state index contributed by atoms with van der Waals surface area (Å²) in [6, 6.07) is 10.3. The van der Waals surface area contributed by atoms with Crippen molar-refractivity contribution in [2.45, 2.75) is 51.0 Å². The average Bonchev–Trinajstić information content (AvgIpc) is 3.41. The summed E-state index contributed by atoms with van der Waals surface area (Å²) in [5.74, 6) is 1.76. The summed E-state index contributed by atoms with van der Waals surface area (Å²) in [5.41, 5.74) is 4.34. The number of aromatic nitrogens is 3. The van der Waals surface area contributed by atoms with Gasteiger partial charge in [-0.2, -0.15) is 0 Å². The largest absolute Gasteiger partial charge is 0.323 e. The number of hydrogen-bond acceptors (Lipinski definition) is 6. The van der Waals surface area contributed by atoms with E-state index in [9.17, 15) is 8.42 Å². The molecule has 0 saturated carbocycles. The zero-order chi connectivity index (χ0) is 23.0. The van der Waals surface area contributed by atoms with Crippen LogP contribution in [0.1, 0.15) is 38.3 Å². The fraction of sp³-hybridized carbons (Fsp3) is 0.440. The first-order valence-electron chi connectivity index (χ1n) is 11.8. The van der Waals surface area contributed by atoms with Crippen LogP contribution in [-0.4, -0.2) is 41.8 Å². The second-order valence-electron chi connectivity index (χ2n) is 8.93. The van der Waals surface area contributed by atoms with Crippen LogP contribution < -0.4 is 5.32 Å². The van der Waals surface area contributed by atoms with E-state index >= 15 is 0 Å². The van der Waals surface area contributed by atoms with E-state index in [0.29, 0.717) is 22.8 Å². The van der Waals surface area contributed by atoms with E-state index in [2.05, 4.69) is 22.0 Å². The van der Waals surface area contributed by atoms with Crippen molar-refractivity contribution < 1.29 is 8.42 Å². The van der Waals surface area contributed by atoms with E-state index in [-0.39, 0.29) is 5.75 Å². The predicted octanol–water partition coefficient (Wildman–Crippen LogP) is 5.19. The molecule has 1 saturated heterocycles. The number of fused-ring (bicyclic) bond motifs is 3. The molecule has 3 aromatic heterocycles. The molecule has 174 valence electrons. The van der Waals surface area contributed by atoms with Gasteiger partial charge in [0.05, 0.1) is 21.7 Å². The Morgan fingerprint density at radius 3 is 2.61 bits per heavy atom. The molecule has 4 heterocycles. The highest BCUT2D eigenvalue weighted by atomic mass is 32.2. The molecule has 0 bridgehead atoms. The summed E-state index contributed by atoms with van der Waals surface area (Å²) in [6.07, 6.45) is 4.07. The van der Waals surface area contributed by atoms with Gasteiger partial charge in [-0.3, -0.25) is 0 Å². The summed E-state index contributed by atoms with van der Waals surface area (Å²) in [6.45, 7) is 6.86. The Labute approximate surface area is 199 Å². The lowest BCUT2D eigenvalue weighted by molar-refractivity contribution is 0.340. The van der Waals surface area contributed by atoms with Crippen molar-refractivity contribution in [2.75, 3.05) is 18.8 Å². The van der Waals surface area contributed by atoms with Gasteiger partial charge in [0.1, 0.15) is 21.8 Å². The quantitative estimate of drug-likeness (QED) is 0.392. The zero-order valence-corrected chi connectivity index (χ0v) is 20.8. The van der Waals surface area contributed by atoms with Crippen LogP contribution in [0.5, 0.6) is 0 Å². The fourth-order valence-electron chi connectivity index (χ4n) is 4.87. The number of aryl methyl sites for hydroxylation is 2. The van der Waals surface area contributed by atoms with E-state index in [4.69, 9.17) is 9.97 Å². The van der Waals surface area contributed by atoms with Gasteiger partial charge in [-0.25, -0.2) is 18.4 Å². The van der Waals surface area contributed by atoms with Crippen molar-refractivity contribution >= 4 is 42.4 Å². The minimum Gasteiger partial charge on any atom is -0.323 e. The summed E-state index contributed by atoms with van der Waals surface area (Å²) >= 11 is 1.48. The van der Waals surface area contributed by atoms with Gasteiger partial charge in [0, 0.05) is 17.5 Å². The summed E-state index contributed by atoms with van der Waals surface area (Å²) in [5, 5.41) is 5.22. The van der Waals surface area contributed by atoms with Gasteiger partial charge in [-0.15, -0.1) is 11.3 Å². The number of piperidine rings is 1. The van der Waals surface area contributed by atoms with Crippen LogP contribution in [0.3, 0.4) is 0 Å². The molecule has 0 aliphatic carbocycles. The van der Waals surface area contributed by atoms with Crippen molar-refractivity contribution in [3.05, 3.63) is 41.4 Å². The van der Waals surface area contributed by atoms with Crippen LogP contribution >= 0.6 is 11.3 Å². The molecule has 0 atom stereocenters. The van der Waals surface area contributed by atoms with E-state index in [1.54, 1.807) is 5.38 Å². The maximum absolute atomic E-state index is 12.9. The Bertz CT molecular complexity index is 1380. The van der Waals surface area contributed by atoms with Crippen LogP contribution in [0.4, 0.5) is 0 Å². The molecule has 0 spiro atoms. The highest BCUT2D eigenvalue weighted by Crippen LogP contribution is 2.38. The number of rotatable bonds is 7. The van der Waals surface area contributed by atoms with Crippen molar-refractivity contribution in [3.63, 3.8) is 0 Å². The highest BCUT2D eigenvalue weighted by molar-refractivity contribution is 7.91. The van der Waals surface area contributed by atoms with Gasteiger partial charge < -0.3 is 9.88 Å². The molecule has 1 aliphatic rings. The molecule has 1 N–H and O–H groups in total. The maximum Gasteiger partial charge on any atom is 0.181 e. The smallest absolute Gasteiger partial charge is 0.181 e. The molecular formula is C25H30N4O2S2. The first kappa shape index (κ1) is 22.5. The molecule has 8 heteroatoms. The molecule has 0 amide bonds. The SMILES string of the molecule is CCCS(=O)(=O)c1csc2c1nc(C)c1nc(-c3ccccc3)n(CCC3CCNCC3)c12. The summed E-state index contributed by atoms with van der Waals surface area (Å²) in [4.78, 5) is 10.2. The number of benzene rings is 1. The third-order valence-electron chi connectivity index (χ3n) is 6.60. The Morgan fingerprint density at radius 2 is 1.88 bits per heavy atom. The number of nitrogens with zero attached hydrogens (tertiary/aromatic N) is 3. The normalized spacial score (nSPS) is 15.6. The van der Waals surface area contributed by atoms with Crippen LogP contribution in [0.15, 0.2) is 40.6 Å². The number of nitrogens with one attached hydrogen (secondary N) is 1. The molecule has 1 aromatic carbocycles. The van der Waals surface area contributed by atoms with E-state index in [0.717, 1.165) is 58.9 Å². The minimum absolute atomic E-state index is 0.141. The van der Waals surface area contributed by atoms with Crippen LogP contribution in [0.2, 0.25) is 0 Å². The van der Waals surface area contributed by atoms with Crippen molar-refractivity contribution in [2.24, 2.45) is 5.92 Å². The monoisotopic (exact) mass is 482 g/mol.